The van der Waals surface area contributed by atoms with Crippen LogP contribution in [0.25, 0.3) is 0 Å². The van der Waals surface area contributed by atoms with Crippen LogP contribution in [0.3, 0.4) is 0 Å². The first kappa shape index (κ1) is 17.7. The largest absolute Gasteiger partial charge is 0.352 e. The molecule has 0 saturated heterocycles. The molecule has 6 heteroatoms. The van der Waals surface area contributed by atoms with Gasteiger partial charge >= 0.3 is 0 Å². The van der Waals surface area contributed by atoms with Crippen molar-refractivity contribution in [2.24, 2.45) is 0 Å². The summed E-state index contributed by atoms with van der Waals surface area (Å²) in [6.07, 6.45) is 5.49. The van der Waals surface area contributed by atoms with Crippen molar-refractivity contribution in [3.05, 3.63) is 54.1 Å². The van der Waals surface area contributed by atoms with Gasteiger partial charge < -0.3 is 15.2 Å². The lowest BCUT2D eigenvalue weighted by molar-refractivity contribution is -0.123. The van der Waals surface area contributed by atoms with E-state index >= 15 is 0 Å². The van der Waals surface area contributed by atoms with E-state index in [1.807, 2.05) is 48.9 Å². The molecule has 2 rings (SSSR count). The van der Waals surface area contributed by atoms with Crippen LogP contribution in [-0.2, 0) is 16.1 Å². The number of imidazole rings is 1. The SMILES string of the molecule is CC(=O)N[C@H](CC(=O)N[C@H](C)Cn1ccnc1)c1ccc(C)cc1. The van der Waals surface area contributed by atoms with E-state index in [1.54, 1.807) is 12.5 Å². The summed E-state index contributed by atoms with van der Waals surface area (Å²) >= 11 is 0. The molecule has 2 aromatic rings. The summed E-state index contributed by atoms with van der Waals surface area (Å²) in [5.74, 6) is -0.248. The van der Waals surface area contributed by atoms with Crippen LogP contribution in [0.4, 0.5) is 0 Å². The lowest BCUT2D eigenvalue weighted by Gasteiger charge is -2.20. The van der Waals surface area contributed by atoms with Crippen LogP contribution in [-0.4, -0.2) is 27.4 Å². The normalized spacial score (nSPS) is 13.1. The third-order valence-corrected chi connectivity index (χ3v) is 3.70. The number of carbonyl (C=O) groups excluding carboxylic acids is 2. The Morgan fingerprint density at radius 3 is 2.50 bits per heavy atom. The number of aromatic nitrogens is 2. The Balaban J connectivity index is 1.96. The van der Waals surface area contributed by atoms with Crippen molar-refractivity contribution in [1.29, 1.82) is 0 Å². The Hall–Kier alpha value is -2.63. The van der Waals surface area contributed by atoms with Gasteiger partial charge in [0.15, 0.2) is 0 Å². The zero-order valence-corrected chi connectivity index (χ0v) is 14.3. The van der Waals surface area contributed by atoms with Crippen LogP contribution < -0.4 is 10.6 Å². The number of hydrogen-bond donors (Lipinski definition) is 2. The van der Waals surface area contributed by atoms with Crippen LogP contribution in [0.2, 0.25) is 0 Å². The molecule has 0 spiro atoms. The van der Waals surface area contributed by atoms with Gasteiger partial charge in [0.25, 0.3) is 0 Å². The van der Waals surface area contributed by atoms with Gasteiger partial charge in [-0.3, -0.25) is 9.59 Å². The monoisotopic (exact) mass is 328 g/mol. The summed E-state index contributed by atoms with van der Waals surface area (Å²) < 4.78 is 1.91. The second-order valence-electron chi connectivity index (χ2n) is 6.10. The Labute approximate surface area is 142 Å². The van der Waals surface area contributed by atoms with Crippen molar-refractivity contribution in [2.45, 2.75) is 45.8 Å². The van der Waals surface area contributed by atoms with Gasteiger partial charge in [-0.2, -0.15) is 0 Å². The van der Waals surface area contributed by atoms with Gasteiger partial charge in [-0.15, -0.1) is 0 Å². The van der Waals surface area contributed by atoms with Gasteiger partial charge in [0.05, 0.1) is 18.8 Å². The van der Waals surface area contributed by atoms with Gasteiger partial charge in [-0.05, 0) is 19.4 Å². The molecule has 0 aliphatic heterocycles. The highest BCUT2D eigenvalue weighted by Gasteiger charge is 2.18. The number of amides is 2. The van der Waals surface area contributed by atoms with Crippen molar-refractivity contribution in [1.82, 2.24) is 20.2 Å². The van der Waals surface area contributed by atoms with E-state index in [2.05, 4.69) is 15.6 Å². The summed E-state index contributed by atoms with van der Waals surface area (Å²) in [7, 11) is 0. The lowest BCUT2D eigenvalue weighted by atomic mass is 10.0. The average molecular weight is 328 g/mol. The Morgan fingerprint density at radius 1 is 1.21 bits per heavy atom. The summed E-state index contributed by atoms with van der Waals surface area (Å²) in [6, 6.07) is 7.48. The molecule has 2 atom stereocenters. The maximum atomic E-state index is 12.3. The third-order valence-electron chi connectivity index (χ3n) is 3.70. The molecule has 1 heterocycles. The molecule has 0 radical (unpaired) electrons. The van der Waals surface area contributed by atoms with E-state index in [0.29, 0.717) is 6.54 Å². The number of nitrogens with zero attached hydrogens (tertiary/aromatic N) is 2. The first-order valence-electron chi connectivity index (χ1n) is 8.03. The number of nitrogens with one attached hydrogen (secondary N) is 2. The first-order valence-corrected chi connectivity index (χ1v) is 8.03. The number of benzene rings is 1. The zero-order chi connectivity index (χ0) is 17.5. The number of rotatable bonds is 7. The molecule has 0 aliphatic carbocycles. The molecular formula is C18H24N4O2. The van der Waals surface area contributed by atoms with Gasteiger partial charge in [-0.1, -0.05) is 29.8 Å². The van der Waals surface area contributed by atoms with Crippen LogP contribution in [0.1, 0.15) is 37.4 Å². The van der Waals surface area contributed by atoms with Crippen molar-refractivity contribution >= 4 is 11.8 Å². The third kappa shape index (κ3) is 5.53. The predicted octanol–water partition coefficient (Wildman–Crippen LogP) is 1.96. The molecule has 0 saturated carbocycles. The topological polar surface area (TPSA) is 76.0 Å². The fourth-order valence-corrected chi connectivity index (χ4v) is 2.57. The molecule has 128 valence electrons. The molecule has 0 fully saturated rings. The standard InChI is InChI=1S/C18H24N4O2/c1-13-4-6-16(7-5-13)17(21-15(3)23)10-18(24)20-14(2)11-22-9-8-19-12-22/h4-9,12,14,17H,10-11H2,1-3H3,(H,20,24)(H,21,23)/t14-,17-/m1/s1. The highest BCUT2D eigenvalue weighted by Crippen LogP contribution is 2.17. The van der Waals surface area contributed by atoms with E-state index in [4.69, 9.17) is 0 Å². The smallest absolute Gasteiger partial charge is 0.222 e. The second kappa shape index (κ2) is 8.29. The predicted molar refractivity (Wildman–Crippen MR) is 92.2 cm³/mol. The molecule has 0 aliphatic rings. The van der Waals surface area contributed by atoms with E-state index < -0.39 is 0 Å². The summed E-state index contributed by atoms with van der Waals surface area (Å²) in [6.45, 7) is 6.06. The van der Waals surface area contributed by atoms with Crippen LogP contribution >= 0.6 is 0 Å². The minimum Gasteiger partial charge on any atom is -0.352 e. The number of carbonyl (C=O) groups is 2. The maximum Gasteiger partial charge on any atom is 0.222 e. The van der Waals surface area contributed by atoms with Crippen molar-refractivity contribution in [3.63, 3.8) is 0 Å². The minimum absolute atomic E-state index is 0.0253. The van der Waals surface area contributed by atoms with E-state index in [1.165, 1.54) is 6.92 Å². The summed E-state index contributed by atoms with van der Waals surface area (Å²) in [5, 5.41) is 5.81. The lowest BCUT2D eigenvalue weighted by Crippen LogP contribution is -2.38. The molecule has 6 nitrogen and oxygen atoms in total. The van der Waals surface area contributed by atoms with Crippen molar-refractivity contribution in [3.8, 4) is 0 Å². The minimum atomic E-state index is -0.330. The molecule has 2 N–H and O–H groups in total. The first-order chi connectivity index (χ1) is 11.4. The van der Waals surface area contributed by atoms with Crippen LogP contribution in [0.5, 0.6) is 0 Å². The van der Waals surface area contributed by atoms with E-state index in [9.17, 15) is 9.59 Å². The molecule has 24 heavy (non-hydrogen) atoms. The van der Waals surface area contributed by atoms with Crippen LogP contribution in [0.15, 0.2) is 43.0 Å². The number of hydrogen-bond acceptors (Lipinski definition) is 3. The number of aryl methyl sites for hydroxylation is 1. The van der Waals surface area contributed by atoms with Gasteiger partial charge in [0, 0.05) is 31.9 Å². The summed E-state index contributed by atoms with van der Waals surface area (Å²) in [4.78, 5) is 27.8. The average Bonchev–Trinajstić information content (AvgIpc) is 2.99. The van der Waals surface area contributed by atoms with Gasteiger partial charge in [-0.25, -0.2) is 4.98 Å². The molecule has 0 bridgehead atoms. The molecular weight excluding hydrogens is 304 g/mol. The highest BCUT2D eigenvalue weighted by molar-refractivity contribution is 5.79. The molecule has 0 unspecified atom stereocenters. The zero-order valence-electron chi connectivity index (χ0n) is 14.3. The fourth-order valence-electron chi connectivity index (χ4n) is 2.57. The highest BCUT2D eigenvalue weighted by atomic mass is 16.2. The van der Waals surface area contributed by atoms with Gasteiger partial charge in [0.1, 0.15) is 0 Å². The van der Waals surface area contributed by atoms with E-state index in [0.717, 1.165) is 11.1 Å². The molecule has 1 aromatic heterocycles. The van der Waals surface area contributed by atoms with Crippen LogP contribution in [0, 0.1) is 6.92 Å². The second-order valence-corrected chi connectivity index (χ2v) is 6.10. The fraction of sp³-hybridized carbons (Fsp3) is 0.389. The Morgan fingerprint density at radius 2 is 1.92 bits per heavy atom. The van der Waals surface area contributed by atoms with E-state index in [-0.39, 0.29) is 30.3 Å². The summed E-state index contributed by atoms with van der Waals surface area (Å²) in [5.41, 5.74) is 2.06. The quantitative estimate of drug-likeness (QED) is 0.816. The van der Waals surface area contributed by atoms with Crippen molar-refractivity contribution < 1.29 is 9.59 Å². The van der Waals surface area contributed by atoms with Crippen molar-refractivity contribution in [2.75, 3.05) is 0 Å². The molecule has 1 aromatic carbocycles. The van der Waals surface area contributed by atoms with Gasteiger partial charge in [0.2, 0.25) is 11.8 Å². The Kier molecular flexibility index (Phi) is 6.12. The maximum absolute atomic E-state index is 12.3. The Bertz CT molecular complexity index is 665. The molecule has 2 amide bonds.